The minimum absolute atomic E-state index is 0.211. The number of benzene rings is 2. The van der Waals surface area contributed by atoms with E-state index in [1.54, 1.807) is 42.5 Å². The third kappa shape index (κ3) is 2.26. The lowest BCUT2D eigenvalue weighted by atomic mass is 10.00. The quantitative estimate of drug-likeness (QED) is 0.864. The molecule has 0 fully saturated rings. The van der Waals surface area contributed by atoms with Gasteiger partial charge in [0.1, 0.15) is 0 Å². The first-order valence-electron chi connectivity index (χ1n) is 6.12. The molecule has 2 amide bonds. The molecule has 0 unspecified atom stereocenters. The minimum atomic E-state index is -0.341. The van der Waals surface area contributed by atoms with Gasteiger partial charge in [-0.2, -0.15) is 5.01 Å². The van der Waals surface area contributed by atoms with Gasteiger partial charge in [-0.15, -0.1) is 0 Å². The fraction of sp³-hybridized carbons (Fsp3) is 0.0667. The lowest BCUT2D eigenvalue weighted by Crippen LogP contribution is -2.45. The second kappa shape index (κ2) is 4.98. The Balaban J connectivity index is 1.89. The Labute approximate surface area is 120 Å². The van der Waals surface area contributed by atoms with Crippen molar-refractivity contribution < 1.29 is 9.59 Å². The Hall–Kier alpha value is -2.33. The molecular formula is C15H11ClN2O2. The maximum absolute atomic E-state index is 12.3. The molecule has 0 aromatic heterocycles. The third-order valence-corrected chi connectivity index (χ3v) is 3.38. The van der Waals surface area contributed by atoms with Crippen LogP contribution < -0.4 is 5.43 Å². The van der Waals surface area contributed by atoms with Crippen LogP contribution in [0.1, 0.15) is 15.9 Å². The summed E-state index contributed by atoms with van der Waals surface area (Å²) < 4.78 is 0. The Morgan fingerprint density at radius 2 is 1.70 bits per heavy atom. The van der Waals surface area contributed by atoms with Crippen LogP contribution in [0.2, 0.25) is 5.02 Å². The molecule has 1 aliphatic heterocycles. The van der Waals surface area contributed by atoms with Crippen LogP contribution in [0.25, 0.3) is 0 Å². The van der Waals surface area contributed by atoms with E-state index in [1.807, 2.05) is 6.07 Å². The smallest absolute Gasteiger partial charge is 0.279 e. The largest absolute Gasteiger partial charge is 0.289 e. The lowest BCUT2D eigenvalue weighted by Gasteiger charge is -2.27. The second-order valence-electron chi connectivity index (χ2n) is 4.49. The van der Waals surface area contributed by atoms with Crippen molar-refractivity contribution in [1.29, 1.82) is 0 Å². The first-order chi connectivity index (χ1) is 9.65. The van der Waals surface area contributed by atoms with Crippen LogP contribution in [-0.4, -0.2) is 16.8 Å². The number of anilines is 1. The molecule has 2 aromatic carbocycles. The van der Waals surface area contributed by atoms with Crippen molar-refractivity contribution in [2.75, 3.05) is 5.43 Å². The van der Waals surface area contributed by atoms with Crippen LogP contribution in [0.15, 0.2) is 48.5 Å². The third-order valence-electron chi connectivity index (χ3n) is 3.13. The summed E-state index contributed by atoms with van der Waals surface area (Å²) in [4.78, 5) is 24.4. The predicted molar refractivity (Wildman–Crippen MR) is 76.4 cm³/mol. The lowest BCUT2D eigenvalue weighted by molar-refractivity contribution is -0.127. The molecule has 5 heteroatoms. The van der Waals surface area contributed by atoms with Gasteiger partial charge in [-0.25, -0.2) is 0 Å². The van der Waals surface area contributed by atoms with E-state index in [9.17, 15) is 9.59 Å². The second-order valence-corrected chi connectivity index (χ2v) is 4.92. The molecule has 0 saturated carbocycles. The van der Waals surface area contributed by atoms with Gasteiger partial charge in [0.25, 0.3) is 11.8 Å². The Kier molecular flexibility index (Phi) is 3.16. The summed E-state index contributed by atoms with van der Waals surface area (Å²) in [5, 5.41) is 1.64. The van der Waals surface area contributed by atoms with Gasteiger partial charge in [-0.05, 0) is 35.9 Å². The van der Waals surface area contributed by atoms with Crippen molar-refractivity contribution in [3.8, 4) is 0 Å². The maximum atomic E-state index is 12.3. The summed E-state index contributed by atoms with van der Waals surface area (Å²) in [5.41, 5.74) is 4.77. The molecule has 3 rings (SSSR count). The molecule has 1 heterocycles. The number of amides is 2. The minimum Gasteiger partial charge on any atom is -0.289 e. The fourth-order valence-corrected chi connectivity index (χ4v) is 2.25. The van der Waals surface area contributed by atoms with Gasteiger partial charge in [0.2, 0.25) is 0 Å². The highest BCUT2D eigenvalue weighted by Crippen LogP contribution is 2.21. The van der Waals surface area contributed by atoms with E-state index < -0.39 is 0 Å². The molecule has 0 spiro atoms. The topological polar surface area (TPSA) is 49.4 Å². The SMILES string of the molecule is O=C1Cc2ccccc2C(=O)N1Nc1ccc(Cl)cc1. The van der Waals surface area contributed by atoms with E-state index in [4.69, 9.17) is 11.6 Å². The Bertz CT molecular complexity index is 683. The van der Waals surface area contributed by atoms with Gasteiger partial charge >= 0.3 is 0 Å². The first-order valence-corrected chi connectivity index (χ1v) is 6.50. The first kappa shape index (κ1) is 12.7. The number of hydrogen-bond donors (Lipinski definition) is 1. The normalized spacial score (nSPS) is 14.2. The van der Waals surface area contributed by atoms with Gasteiger partial charge in [0.15, 0.2) is 0 Å². The monoisotopic (exact) mass is 286 g/mol. The predicted octanol–water partition coefficient (Wildman–Crippen LogP) is 2.89. The van der Waals surface area contributed by atoms with Crippen molar-refractivity contribution >= 4 is 29.1 Å². The van der Waals surface area contributed by atoms with E-state index in [-0.39, 0.29) is 18.2 Å². The zero-order valence-corrected chi connectivity index (χ0v) is 11.2. The molecule has 0 aliphatic carbocycles. The van der Waals surface area contributed by atoms with Crippen molar-refractivity contribution in [3.05, 3.63) is 64.7 Å². The number of rotatable bonds is 2. The molecule has 2 aromatic rings. The number of carbonyl (C=O) groups is 2. The molecular weight excluding hydrogens is 276 g/mol. The molecule has 20 heavy (non-hydrogen) atoms. The molecule has 0 bridgehead atoms. The van der Waals surface area contributed by atoms with Crippen LogP contribution in [0.5, 0.6) is 0 Å². The van der Waals surface area contributed by atoms with E-state index in [1.165, 1.54) is 0 Å². The summed E-state index contributed by atoms with van der Waals surface area (Å²) in [6.45, 7) is 0. The van der Waals surface area contributed by atoms with Crippen LogP contribution in [0.4, 0.5) is 5.69 Å². The van der Waals surface area contributed by atoms with Gasteiger partial charge in [-0.1, -0.05) is 29.8 Å². The highest BCUT2D eigenvalue weighted by atomic mass is 35.5. The van der Waals surface area contributed by atoms with E-state index >= 15 is 0 Å². The number of imide groups is 1. The zero-order valence-electron chi connectivity index (χ0n) is 10.5. The van der Waals surface area contributed by atoms with Crippen LogP contribution in [0.3, 0.4) is 0 Å². The van der Waals surface area contributed by atoms with Crippen molar-refractivity contribution in [1.82, 2.24) is 5.01 Å². The summed E-state index contributed by atoms with van der Waals surface area (Å²) >= 11 is 5.80. The highest BCUT2D eigenvalue weighted by Gasteiger charge is 2.30. The molecule has 1 N–H and O–H groups in total. The number of nitrogens with one attached hydrogen (secondary N) is 1. The average molecular weight is 287 g/mol. The van der Waals surface area contributed by atoms with Gasteiger partial charge in [-0.3, -0.25) is 15.0 Å². The summed E-state index contributed by atoms with van der Waals surface area (Å²) in [7, 11) is 0. The van der Waals surface area contributed by atoms with Crippen molar-refractivity contribution in [2.45, 2.75) is 6.42 Å². The Morgan fingerprint density at radius 1 is 1.00 bits per heavy atom. The fourth-order valence-electron chi connectivity index (χ4n) is 2.13. The standard InChI is InChI=1S/C15H11ClN2O2/c16-11-5-7-12(8-6-11)17-18-14(19)9-10-3-1-2-4-13(10)15(18)20/h1-8,17H,9H2. The van der Waals surface area contributed by atoms with E-state index in [0.717, 1.165) is 10.6 Å². The zero-order chi connectivity index (χ0) is 14.1. The van der Waals surface area contributed by atoms with E-state index in [0.29, 0.717) is 16.3 Å². The number of nitrogens with zero attached hydrogens (tertiary/aromatic N) is 1. The van der Waals surface area contributed by atoms with Gasteiger partial charge < -0.3 is 0 Å². The molecule has 0 radical (unpaired) electrons. The molecule has 1 aliphatic rings. The number of hydrogen-bond acceptors (Lipinski definition) is 3. The summed E-state index contributed by atoms with van der Waals surface area (Å²) in [6.07, 6.45) is 0.211. The highest BCUT2D eigenvalue weighted by molar-refractivity contribution is 6.30. The maximum Gasteiger partial charge on any atom is 0.279 e. The molecule has 0 saturated heterocycles. The van der Waals surface area contributed by atoms with E-state index in [2.05, 4.69) is 5.43 Å². The van der Waals surface area contributed by atoms with Gasteiger partial charge in [0.05, 0.1) is 12.1 Å². The van der Waals surface area contributed by atoms with Gasteiger partial charge in [0, 0.05) is 10.6 Å². The number of halogens is 1. The molecule has 100 valence electrons. The van der Waals surface area contributed by atoms with Crippen LogP contribution >= 0.6 is 11.6 Å². The number of hydrazine groups is 1. The van der Waals surface area contributed by atoms with Crippen molar-refractivity contribution in [3.63, 3.8) is 0 Å². The number of carbonyl (C=O) groups excluding carboxylic acids is 2. The summed E-state index contributed by atoms with van der Waals surface area (Å²) in [6, 6.07) is 13.9. The van der Waals surface area contributed by atoms with Crippen LogP contribution in [0, 0.1) is 0 Å². The molecule has 4 nitrogen and oxygen atoms in total. The number of fused-ring (bicyclic) bond motifs is 1. The molecule has 0 atom stereocenters. The Morgan fingerprint density at radius 3 is 2.45 bits per heavy atom. The van der Waals surface area contributed by atoms with Crippen molar-refractivity contribution in [2.24, 2.45) is 0 Å². The average Bonchev–Trinajstić information content (AvgIpc) is 2.45. The van der Waals surface area contributed by atoms with Crippen LogP contribution in [-0.2, 0) is 11.2 Å². The summed E-state index contributed by atoms with van der Waals surface area (Å²) in [5.74, 6) is -0.615.